The number of nitrogens with zero attached hydrogens (tertiary/aromatic N) is 1. The third kappa shape index (κ3) is 5.47. The van der Waals surface area contributed by atoms with Crippen molar-refractivity contribution in [1.29, 1.82) is 0 Å². The Morgan fingerprint density at radius 3 is 2.50 bits per heavy atom. The average molecular weight is 430 g/mol. The molecule has 0 bridgehead atoms. The first-order chi connectivity index (χ1) is 13.2. The topological polar surface area (TPSA) is 78.5 Å². The van der Waals surface area contributed by atoms with Crippen molar-refractivity contribution in [2.24, 2.45) is 5.92 Å². The summed E-state index contributed by atoms with van der Waals surface area (Å²) < 4.78 is 26.8. The number of sulfonamides is 1. The summed E-state index contributed by atoms with van der Waals surface area (Å²) in [5.74, 6) is 0.312. The highest BCUT2D eigenvalue weighted by molar-refractivity contribution is 7.89. The van der Waals surface area contributed by atoms with Crippen molar-refractivity contribution in [2.75, 3.05) is 18.4 Å². The van der Waals surface area contributed by atoms with Crippen LogP contribution in [0.4, 0.5) is 5.69 Å². The van der Waals surface area contributed by atoms with Gasteiger partial charge in [-0.3, -0.25) is 4.79 Å². The van der Waals surface area contributed by atoms with E-state index in [2.05, 4.69) is 17.6 Å². The fourth-order valence-corrected chi connectivity index (χ4v) is 5.32. The second-order valence-corrected chi connectivity index (χ2v) is 9.82. The van der Waals surface area contributed by atoms with Gasteiger partial charge in [0.15, 0.2) is 0 Å². The van der Waals surface area contributed by atoms with Crippen LogP contribution in [0.25, 0.3) is 0 Å². The summed E-state index contributed by atoms with van der Waals surface area (Å²) in [5, 5.41) is 6.50. The van der Waals surface area contributed by atoms with Crippen LogP contribution < -0.4 is 10.6 Å². The molecule has 0 heterocycles. The van der Waals surface area contributed by atoms with Crippen molar-refractivity contribution >= 4 is 33.2 Å². The van der Waals surface area contributed by atoms with E-state index in [4.69, 9.17) is 11.6 Å². The summed E-state index contributed by atoms with van der Waals surface area (Å²) in [6.07, 6.45) is 4.65. The predicted molar refractivity (Wildman–Crippen MR) is 114 cm³/mol. The van der Waals surface area contributed by atoms with Crippen LogP contribution in [0.5, 0.6) is 0 Å². The summed E-state index contributed by atoms with van der Waals surface area (Å²) in [5.41, 5.74) is 0.310. The molecule has 8 heteroatoms. The number of amides is 1. The molecule has 2 N–H and O–H groups in total. The van der Waals surface area contributed by atoms with Crippen molar-refractivity contribution in [3.8, 4) is 0 Å². The molecule has 158 valence electrons. The first kappa shape index (κ1) is 23.1. The lowest BCUT2D eigenvalue weighted by molar-refractivity contribution is -0.118. The highest BCUT2D eigenvalue weighted by Crippen LogP contribution is 2.28. The average Bonchev–Trinajstić information content (AvgIpc) is 2.65. The quantitative estimate of drug-likeness (QED) is 0.657. The van der Waals surface area contributed by atoms with E-state index in [9.17, 15) is 13.2 Å². The Labute approximate surface area is 174 Å². The molecule has 3 atom stereocenters. The van der Waals surface area contributed by atoms with E-state index in [1.807, 2.05) is 6.92 Å². The smallest absolute Gasteiger partial charge is 0.243 e. The molecular weight excluding hydrogens is 398 g/mol. The first-order valence-corrected chi connectivity index (χ1v) is 11.9. The number of carbonyl (C=O) groups excluding carboxylic acids is 1. The van der Waals surface area contributed by atoms with Crippen LogP contribution in [0.2, 0.25) is 5.02 Å². The second-order valence-electron chi connectivity index (χ2n) is 7.48. The number of benzene rings is 1. The SMILES string of the molecule is CCN(CC)S(=O)(=O)c1ccc(Cl)c(NC(=O)C(C)NC2CCCCC2C)c1. The van der Waals surface area contributed by atoms with Crippen molar-refractivity contribution in [2.45, 2.75) is 70.4 Å². The molecule has 3 unspecified atom stereocenters. The van der Waals surface area contributed by atoms with E-state index in [-0.39, 0.29) is 10.8 Å². The molecule has 0 spiro atoms. The maximum absolute atomic E-state index is 12.7. The van der Waals surface area contributed by atoms with Gasteiger partial charge in [0, 0.05) is 19.1 Å². The Morgan fingerprint density at radius 1 is 1.25 bits per heavy atom. The normalized spacial score (nSPS) is 21.5. The monoisotopic (exact) mass is 429 g/mol. The van der Waals surface area contributed by atoms with E-state index in [1.165, 1.54) is 41.8 Å². The molecule has 0 saturated heterocycles. The van der Waals surface area contributed by atoms with Crippen LogP contribution in [0.1, 0.15) is 53.4 Å². The fourth-order valence-electron chi connectivity index (χ4n) is 3.67. The molecule has 1 aromatic carbocycles. The Morgan fingerprint density at radius 2 is 1.89 bits per heavy atom. The van der Waals surface area contributed by atoms with Gasteiger partial charge in [-0.15, -0.1) is 0 Å². The lowest BCUT2D eigenvalue weighted by atomic mass is 9.85. The number of halogens is 1. The first-order valence-electron chi connectivity index (χ1n) is 10.1. The Kier molecular flexibility index (Phi) is 8.30. The Balaban J connectivity index is 2.13. The van der Waals surface area contributed by atoms with Gasteiger partial charge in [-0.1, -0.05) is 45.2 Å². The molecule has 1 saturated carbocycles. The Hall–Kier alpha value is -1.15. The molecule has 1 aliphatic rings. The maximum Gasteiger partial charge on any atom is 0.243 e. The Bertz CT molecular complexity index is 781. The largest absolute Gasteiger partial charge is 0.323 e. The van der Waals surface area contributed by atoms with E-state index in [0.717, 1.165) is 6.42 Å². The number of anilines is 1. The minimum Gasteiger partial charge on any atom is -0.323 e. The summed E-state index contributed by atoms with van der Waals surface area (Å²) >= 11 is 6.21. The number of hydrogen-bond donors (Lipinski definition) is 2. The van der Waals surface area contributed by atoms with Crippen LogP contribution in [0.3, 0.4) is 0 Å². The van der Waals surface area contributed by atoms with Crippen LogP contribution in [-0.4, -0.2) is 43.8 Å². The third-order valence-electron chi connectivity index (χ3n) is 5.51. The van der Waals surface area contributed by atoms with Crippen LogP contribution in [0, 0.1) is 5.92 Å². The highest BCUT2D eigenvalue weighted by atomic mass is 35.5. The zero-order valence-corrected chi connectivity index (χ0v) is 18.7. The van der Waals surface area contributed by atoms with Crippen LogP contribution in [-0.2, 0) is 14.8 Å². The highest BCUT2D eigenvalue weighted by Gasteiger charge is 2.26. The molecule has 0 aliphatic heterocycles. The molecule has 1 aromatic rings. The molecule has 1 amide bonds. The summed E-state index contributed by atoms with van der Waals surface area (Å²) in [6.45, 7) is 8.37. The van der Waals surface area contributed by atoms with E-state index in [0.29, 0.717) is 35.8 Å². The van der Waals surface area contributed by atoms with Gasteiger partial charge in [-0.25, -0.2) is 8.42 Å². The van der Waals surface area contributed by atoms with Gasteiger partial charge >= 0.3 is 0 Å². The van der Waals surface area contributed by atoms with Crippen molar-refractivity contribution in [3.63, 3.8) is 0 Å². The van der Waals surface area contributed by atoms with Crippen molar-refractivity contribution in [1.82, 2.24) is 9.62 Å². The maximum atomic E-state index is 12.7. The van der Waals surface area contributed by atoms with Gasteiger partial charge in [0.05, 0.1) is 21.6 Å². The van der Waals surface area contributed by atoms with Gasteiger partial charge in [-0.2, -0.15) is 4.31 Å². The number of rotatable bonds is 8. The summed E-state index contributed by atoms with van der Waals surface area (Å²) in [4.78, 5) is 12.8. The molecule has 28 heavy (non-hydrogen) atoms. The van der Waals surface area contributed by atoms with Gasteiger partial charge in [0.25, 0.3) is 0 Å². The van der Waals surface area contributed by atoms with Gasteiger partial charge in [-0.05, 0) is 43.9 Å². The van der Waals surface area contributed by atoms with Gasteiger partial charge < -0.3 is 10.6 Å². The third-order valence-corrected chi connectivity index (χ3v) is 7.88. The minimum absolute atomic E-state index is 0.123. The number of carbonyl (C=O) groups is 1. The molecular formula is C20H32ClN3O3S. The zero-order chi connectivity index (χ0) is 20.9. The molecule has 1 aliphatic carbocycles. The molecule has 2 rings (SSSR count). The van der Waals surface area contributed by atoms with Crippen LogP contribution >= 0.6 is 11.6 Å². The molecule has 1 fully saturated rings. The lowest BCUT2D eigenvalue weighted by Crippen LogP contribution is -2.47. The summed E-state index contributed by atoms with van der Waals surface area (Å²) in [7, 11) is -3.62. The predicted octanol–water partition coefficient (Wildman–Crippen LogP) is 3.87. The van der Waals surface area contributed by atoms with E-state index < -0.39 is 16.1 Å². The number of hydrogen-bond acceptors (Lipinski definition) is 4. The number of nitrogens with one attached hydrogen (secondary N) is 2. The molecule has 6 nitrogen and oxygen atoms in total. The zero-order valence-electron chi connectivity index (χ0n) is 17.2. The van der Waals surface area contributed by atoms with Crippen molar-refractivity contribution in [3.05, 3.63) is 23.2 Å². The minimum atomic E-state index is -3.62. The van der Waals surface area contributed by atoms with Crippen LogP contribution in [0.15, 0.2) is 23.1 Å². The van der Waals surface area contributed by atoms with E-state index >= 15 is 0 Å². The van der Waals surface area contributed by atoms with E-state index in [1.54, 1.807) is 13.8 Å². The lowest BCUT2D eigenvalue weighted by Gasteiger charge is -2.31. The second kappa shape index (κ2) is 10.1. The molecule has 0 radical (unpaired) electrons. The fraction of sp³-hybridized carbons (Fsp3) is 0.650. The van der Waals surface area contributed by atoms with Crippen molar-refractivity contribution < 1.29 is 13.2 Å². The van der Waals surface area contributed by atoms with Gasteiger partial charge in [0.1, 0.15) is 0 Å². The standard InChI is InChI=1S/C20H32ClN3O3S/c1-5-24(6-2)28(26,27)16-11-12-17(21)19(13-16)23-20(25)15(4)22-18-10-8-7-9-14(18)3/h11-15,18,22H,5-10H2,1-4H3,(H,23,25). The van der Waals surface area contributed by atoms with Gasteiger partial charge in [0.2, 0.25) is 15.9 Å². The summed E-state index contributed by atoms with van der Waals surface area (Å²) in [6, 6.07) is 4.33. The molecule has 0 aromatic heterocycles.